The Kier molecular flexibility index (Phi) is 4.65. The Morgan fingerprint density at radius 2 is 1.85 bits per heavy atom. The standard InChI is InChI=1S/C20H28BN3O3/c1-14-12-15(18-22-13-24(23-18)17-8-6-7-11-25-17)9-10-16(14)21-26-19(2,3)20(4,5)27-21/h9-10,12-13,17H,6-8,11H2,1-5H3. The molecule has 3 heterocycles. The molecule has 0 saturated carbocycles. The Balaban J connectivity index is 1.55. The van der Waals surface area contributed by atoms with Gasteiger partial charge >= 0.3 is 7.12 Å². The van der Waals surface area contributed by atoms with Crippen LogP contribution >= 0.6 is 0 Å². The summed E-state index contributed by atoms with van der Waals surface area (Å²) in [5.41, 5.74) is 2.46. The minimum absolute atomic E-state index is 0.00474. The number of hydrogen-bond donors (Lipinski definition) is 0. The van der Waals surface area contributed by atoms with E-state index in [4.69, 9.17) is 14.0 Å². The molecule has 0 bridgehead atoms. The first kappa shape index (κ1) is 18.7. The number of benzene rings is 1. The van der Waals surface area contributed by atoms with E-state index in [-0.39, 0.29) is 24.5 Å². The molecule has 2 saturated heterocycles. The fourth-order valence-corrected chi connectivity index (χ4v) is 3.53. The maximum absolute atomic E-state index is 6.19. The fourth-order valence-electron chi connectivity index (χ4n) is 3.53. The molecule has 0 amide bonds. The molecule has 0 N–H and O–H groups in total. The van der Waals surface area contributed by atoms with Crippen LogP contribution in [0.2, 0.25) is 0 Å². The second-order valence-electron chi connectivity index (χ2n) is 8.53. The topological polar surface area (TPSA) is 58.4 Å². The minimum atomic E-state index is -0.356. The minimum Gasteiger partial charge on any atom is -0.399 e. The molecule has 27 heavy (non-hydrogen) atoms. The Morgan fingerprint density at radius 1 is 1.11 bits per heavy atom. The van der Waals surface area contributed by atoms with E-state index in [0.29, 0.717) is 5.82 Å². The van der Waals surface area contributed by atoms with E-state index in [1.165, 1.54) is 6.42 Å². The molecular weight excluding hydrogens is 341 g/mol. The first-order valence-corrected chi connectivity index (χ1v) is 9.76. The maximum atomic E-state index is 6.19. The van der Waals surface area contributed by atoms with Crippen LogP contribution in [0.25, 0.3) is 11.4 Å². The number of hydrogen-bond acceptors (Lipinski definition) is 5. The van der Waals surface area contributed by atoms with E-state index in [1.807, 2.05) is 10.7 Å². The van der Waals surface area contributed by atoms with Gasteiger partial charge in [-0.25, -0.2) is 9.67 Å². The molecule has 6 nitrogen and oxygen atoms in total. The predicted molar refractivity (Wildman–Crippen MR) is 105 cm³/mol. The van der Waals surface area contributed by atoms with Gasteiger partial charge in [-0.3, -0.25) is 0 Å². The van der Waals surface area contributed by atoms with Crippen molar-refractivity contribution in [1.82, 2.24) is 14.8 Å². The summed E-state index contributed by atoms with van der Waals surface area (Å²) in [4.78, 5) is 4.49. The molecule has 2 aromatic rings. The Hall–Kier alpha value is -1.70. The zero-order valence-electron chi connectivity index (χ0n) is 16.9. The van der Waals surface area contributed by atoms with Gasteiger partial charge in [-0.2, -0.15) is 0 Å². The zero-order chi connectivity index (χ0) is 19.2. The van der Waals surface area contributed by atoms with Gasteiger partial charge in [0.15, 0.2) is 12.1 Å². The summed E-state index contributed by atoms with van der Waals surface area (Å²) < 4.78 is 20.0. The largest absolute Gasteiger partial charge is 0.495 e. The summed E-state index contributed by atoms with van der Waals surface area (Å²) >= 11 is 0. The van der Waals surface area contributed by atoms with Crippen molar-refractivity contribution in [3.8, 4) is 11.4 Å². The number of aryl methyl sites for hydroxylation is 1. The van der Waals surface area contributed by atoms with Crippen LogP contribution in [-0.2, 0) is 14.0 Å². The van der Waals surface area contributed by atoms with Crippen molar-refractivity contribution in [2.45, 2.75) is 71.3 Å². The highest BCUT2D eigenvalue weighted by molar-refractivity contribution is 6.62. The fraction of sp³-hybridized carbons (Fsp3) is 0.600. The first-order chi connectivity index (χ1) is 12.8. The second-order valence-corrected chi connectivity index (χ2v) is 8.53. The summed E-state index contributed by atoms with van der Waals surface area (Å²) in [6.45, 7) is 11.1. The van der Waals surface area contributed by atoms with Crippen LogP contribution in [0.4, 0.5) is 0 Å². The van der Waals surface area contributed by atoms with Crippen LogP contribution in [0.3, 0.4) is 0 Å². The van der Waals surface area contributed by atoms with Crippen molar-refractivity contribution >= 4 is 12.6 Å². The smallest absolute Gasteiger partial charge is 0.399 e. The van der Waals surface area contributed by atoms with Crippen LogP contribution in [0, 0.1) is 6.92 Å². The zero-order valence-corrected chi connectivity index (χ0v) is 16.9. The number of rotatable bonds is 3. The number of aromatic nitrogens is 3. The highest BCUT2D eigenvalue weighted by Crippen LogP contribution is 2.36. The molecule has 1 aromatic heterocycles. The molecule has 0 aliphatic carbocycles. The predicted octanol–water partition coefficient (Wildman–Crippen LogP) is 3.25. The van der Waals surface area contributed by atoms with Gasteiger partial charge in [0, 0.05) is 12.2 Å². The van der Waals surface area contributed by atoms with Gasteiger partial charge in [-0.1, -0.05) is 17.7 Å². The lowest BCUT2D eigenvalue weighted by atomic mass is 9.76. The average Bonchev–Trinajstić information content (AvgIpc) is 3.18. The van der Waals surface area contributed by atoms with E-state index in [2.05, 4.69) is 56.8 Å². The Morgan fingerprint density at radius 3 is 2.48 bits per heavy atom. The molecule has 2 aliphatic heterocycles. The van der Waals surface area contributed by atoms with Gasteiger partial charge < -0.3 is 14.0 Å². The average molecular weight is 369 g/mol. The van der Waals surface area contributed by atoms with Gasteiger partial charge in [-0.15, -0.1) is 5.10 Å². The van der Waals surface area contributed by atoms with Crippen molar-refractivity contribution in [3.05, 3.63) is 30.1 Å². The van der Waals surface area contributed by atoms with Gasteiger partial charge in [0.2, 0.25) is 0 Å². The van der Waals surface area contributed by atoms with E-state index in [0.717, 1.165) is 36.0 Å². The van der Waals surface area contributed by atoms with E-state index in [1.54, 1.807) is 6.33 Å². The van der Waals surface area contributed by atoms with E-state index >= 15 is 0 Å². The van der Waals surface area contributed by atoms with Crippen molar-refractivity contribution in [2.24, 2.45) is 0 Å². The first-order valence-electron chi connectivity index (χ1n) is 9.76. The highest BCUT2D eigenvalue weighted by atomic mass is 16.7. The van der Waals surface area contributed by atoms with Gasteiger partial charge in [0.05, 0.1) is 11.2 Å². The van der Waals surface area contributed by atoms with Crippen LogP contribution in [-0.4, -0.2) is 39.7 Å². The summed E-state index contributed by atoms with van der Waals surface area (Å²) in [7, 11) is -0.356. The van der Waals surface area contributed by atoms with Crippen molar-refractivity contribution < 1.29 is 14.0 Å². The van der Waals surface area contributed by atoms with E-state index in [9.17, 15) is 0 Å². The summed E-state index contributed by atoms with van der Waals surface area (Å²) in [6.07, 6.45) is 5.05. The van der Waals surface area contributed by atoms with Gasteiger partial charge in [0.1, 0.15) is 6.33 Å². The molecule has 7 heteroatoms. The third kappa shape index (κ3) is 3.44. The highest BCUT2D eigenvalue weighted by Gasteiger charge is 2.52. The van der Waals surface area contributed by atoms with E-state index < -0.39 is 0 Å². The van der Waals surface area contributed by atoms with Crippen molar-refractivity contribution in [3.63, 3.8) is 0 Å². The van der Waals surface area contributed by atoms with Gasteiger partial charge in [-0.05, 0) is 65.4 Å². The molecule has 4 rings (SSSR count). The summed E-state index contributed by atoms with van der Waals surface area (Å²) in [5.74, 6) is 0.716. The van der Waals surface area contributed by atoms with Crippen LogP contribution in [0.1, 0.15) is 58.7 Å². The Bertz CT molecular complexity index is 812. The molecule has 2 fully saturated rings. The normalized spacial score (nSPS) is 24.3. The number of nitrogens with zero attached hydrogens (tertiary/aromatic N) is 3. The van der Waals surface area contributed by atoms with Crippen LogP contribution < -0.4 is 5.46 Å². The van der Waals surface area contributed by atoms with Crippen LogP contribution in [0.15, 0.2) is 24.5 Å². The maximum Gasteiger partial charge on any atom is 0.495 e. The molecule has 1 atom stereocenters. The molecule has 0 spiro atoms. The lowest BCUT2D eigenvalue weighted by Crippen LogP contribution is -2.41. The third-order valence-electron chi connectivity index (χ3n) is 5.99. The quantitative estimate of drug-likeness (QED) is 0.778. The van der Waals surface area contributed by atoms with Crippen molar-refractivity contribution in [2.75, 3.05) is 6.61 Å². The molecule has 2 aliphatic rings. The van der Waals surface area contributed by atoms with Crippen LogP contribution in [0.5, 0.6) is 0 Å². The lowest BCUT2D eigenvalue weighted by molar-refractivity contribution is -0.0395. The molecular formula is C20H28BN3O3. The number of ether oxygens (including phenoxy) is 1. The van der Waals surface area contributed by atoms with Gasteiger partial charge in [0.25, 0.3) is 0 Å². The molecule has 0 radical (unpaired) electrons. The summed E-state index contributed by atoms with van der Waals surface area (Å²) in [5, 5.41) is 4.64. The van der Waals surface area contributed by atoms with Crippen molar-refractivity contribution in [1.29, 1.82) is 0 Å². The SMILES string of the molecule is Cc1cc(-c2ncn(C3CCCCO3)n2)ccc1B1OC(C)(C)C(C)(C)O1. The Labute approximate surface area is 161 Å². The third-order valence-corrected chi connectivity index (χ3v) is 5.99. The summed E-state index contributed by atoms with van der Waals surface area (Å²) in [6, 6.07) is 6.20. The second kappa shape index (κ2) is 6.72. The monoisotopic (exact) mass is 369 g/mol. The molecule has 1 aromatic carbocycles. The lowest BCUT2D eigenvalue weighted by Gasteiger charge is -2.32. The molecule has 1 unspecified atom stereocenters. The molecule has 144 valence electrons.